The quantitative estimate of drug-likeness (QED) is 0.801. The normalized spacial score (nSPS) is 13.5. The van der Waals surface area contributed by atoms with E-state index in [2.05, 4.69) is 29.4 Å². The van der Waals surface area contributed by atoms with Crippen molar-refractivity contribution in [3.8, 4) is 0 Å². The molecule has 0 fully saturated rings. The average Bonchev–Trinajstić information content (AvgIpc) is 2.48. The molecule has 1 atom stereocenters. The van der Waals surface area contributed by atoms with E-state index in [0.717, 1.165) is 30.1 Å². The Kier molecular flexibility index (Phi) is 4.51. The number of hydrogen-bond donors (Lipinski definition) is 1. The lowest BCUT2D eigenvalue weighted by Crippen LogP contribution is -2.28. The second-order valence-corrected chi connectivity index (χ2v) is 4.98. The third-order valence-electron chi connectivity index (χ3n) is 2.09. The van der Waals surface area contributed by atoms with Crippen LogP contribution in [0, 0.1) is 6.92 Å². The maximum absolute atomic E-state index is 6.00. The van der Waals surface area contributed by atoms with E-state index in [-0.39, 0.29) is 6.04 Å². The molecule has 1 unspecified atom stereocenters. The van der Waals surface area contributed by atoms with Gasteiger partial charge in [-0.25, -0.2) is 4.98 Å². The van der Waals surface area contributed by atoms with E-state index in [4.69, 9.17) is 5.73 Å². The highest BCUT2D eigenvalue weighted by Crippen LogP contribution is 2.10. The van der Waals surface area contributed by atoms with Crippen LogP contribution >= 0.6 is 11.3 Å². The zero-order valence-corrected chi connectivity index (χ0v) is 9.97. The van der Waals surface area contributed by atoms with Crippen LogP contribution in [0.2, 0.25) is 0 Å². The number of hydrogen-bond acceptors (Lipinski definition) is 4. The molecule has 0 saturated carbocycles. The molecule has 1 rings (SSSR count). The fourth-order valence-corrected chi connectivity index (χ4v) is 1.92. The van der Waals surface area contributed by atoms with Crippen LogP contribution < -0.4 is 5.73 Å². The molecule has 3 nitrogen and oxygen atoms in total. The molecule has 1 aromatic rings. The van der Waals surface area contributed by atoms with Crippen molar-refractivity contribution >= 4 is 11.3 Å². The van der Waals surface area contributed by atoms with Gasteiger partial charge in [0.15, 0.2) is 0 Å². The number of nitrogens with zero attached hydrogens (tertiary/aromatic N) is 2. The summed E-state index contributed by atoms with van der Waals surface area (Å²) in [5, 5.41) is 3.23. The minimum Gasteiger partial charge on any atom is -0.327 e. The lowest BCUT2D eigenvalue weighted by atomic mass is 10.1. The van der Waals surface area contributed by atoms with Crippen molar-refractivity contribution < 1.29 is 0 Å². The molecule has 14 heavy (non-hydrogen) atoms. The SMILES string of the molecule is Cc1nc(CC(N)CCN(C)C)cs1. The van der Waals surface area contributed by atoms with E-state index >= 15 is 0 Å². The summed E-state index contributed by atoms with van der Waals surface area (Å²) >= 11 is 1.69. The van der Waals surface area contributed by atoms with E-state index < -0.39 is 0 Å². The topological polar surface area (TPSA) is 42.1 Å². The Hall–Kier alpha value is -0.450. The maximum Gasteiger partial charge on any atom is 0.0897 e. The lowest BCUT2D eigenvalue weighted by Gasteiger charge is -2.13. The molecule has 0 aromatic carbocycles. The van der Waals surface area contributed by atoms with Gasteiger partial charge in [0.05, 0.1) is 10.7 Å². The van der Waals surface area contributed by atoms with Gasteiger partial charge >= 0.3 is 0 Å². The van der Waals surface area contributed by atoms with Gasteiger partial charge in [-0.1, -0.05) is 0 Å². The minimum atomic E-state index is 0.235. The number of thiazole rings is 1. The van der Waals surface area contributed by atoms with Crippen LogP contribution in [-0.2, 0) is 6.42 Å². The van der Waals surface area contributed by atoms with Crippen molar-refractivity contribution in [2.45, 2.75) is 25.8 Å². The summed E-state index contributed by atoms with van der Waals surface area (Å²) in [6.07, 6.45) is 1.93. The van der Waals surface area contributed by atoms with Crippen molar-refractivity contribution in [1.82, 2.24) is 9.88 Å². The molecule has 0 spiro atoms. The van der Waals surface area contributed by atoms with Crippen molar-refractivity contribution in [2.75, 3.05) is 20.6 Å². The van der Waals surface area contributed by atoms with E-state index in [9.17, 15) is 0 Å². The summed E-state index contributed by atoms with van der Waals surface area (Å²) < 4.78 is 0. The predicted octanol–water partition coefficient (Wildman–Crippen LogP) is 1.27. The van der Waals surface area contributed by atoms with Crippen LogP contribution in [-0.4, -0.2) is 36.6 Å². The van der Waals surface area contributed by atoms with Gasteiger partial charge in [0.25, 0.3) is 0 Å². The van der Waals surface area contributed by atoms with Gasteiger partial charge in [-0.3, -0.25) is 0 Å². The highest BCUT2D eigenvalue weighted by molar-refractivity contribution is 7.09. The Morgan fingerprint density at radius 2 is 2.29 bits per heavy atom. The zero-order valence-electron chi connectivity index (χ0n) is 9.16. The van der Waals surface area contributed by atoms with Crippen LogP contribution in [0.4, 0.5) is 0 Å². The van der Waals surface area contributed by atoms with Crippen LogP contribution in [0.5, 0.6) is 0 Å². The number of rotatable bonds is 5. The second-order valence-electron chi connectivity index (χ2n) is 3.91. The molecule has 1 aromatic heterocycles. The fourth-order valence-electron chi connectivity index (χ4n) is 1.30. The first kappa shape index (κ1) is 11.6. The molecular formula is C10H19N3S. The molecule has 0 aliphatic rings. The first-order valence-electron chi connectivity index (χ1n) is 4.89. The minimum absolute atomic E-state index is 0.235. The number of aryl methyl sites for hydroxylation is 1. The summed E-state index contributed by atoms with van der Waals surface area (Å²) in [4.78, 5) is 6.56. The summed E-state index contributed by atoms with van der Waals surface area (Å²) in [7, 11) is 4.14. The van der Waals surface area contributed by atoms with Crippen LogP contribution in [0.15, 0.2) is 5.38 Å². The van der Waals surface area contributed by atoms with Crippen LogP contribution in [0.3, 0.4) is 0 Å². The van der Waals surface area contributed by atoms with Gasteiger partial charge < -0.3 is 10.6 Å². The predicted molar refractivity (Wildman–Crippen MR) is 61.7 cm³/mol. The van der Waals surface area contributed by atoms with Crippen molar-refractivity contribution in [3.63, 3.8) is 0 Å². The van der Waals surface area contributed by atoms with Crippen molar-refractivity contribution in [3.05, 3.63) is 16.1 Å². The molecule has 0 saturated heterocycles. The van der Waals surface area contributed by atoms with E-state index in [0.29, 0.717) is 0 Å². The van der Waals surface area contributed by atoms with E-state index in [1.165, 1.54) is 0 Å². The third-order valence-corrected chi connectivity index (χ3v) is 2.91. The largest absolute Gasteiger partial charge is 0.327 e. The van der Waals surface area contributed by atoms with Crippen molar-refractivity contribution in [2.24, 2.45) is 5.73 Å². The van der Waals surface area contributed by atoms with E-state index in [1.807, 2.05) is 6.92 Å². The molecule has 80 valence electrons. The lowest BCUT2D eigenvalue weighted by molar-refractivity contribution is 0.379. The highest BCUT2D eigenvalue weighted by Gasteiger charge is 2.06. The summed E-state index contributed by atoms with van der Waals surface area (Å²) in [6, 6.07) is 0.235. The highest BCUT2D eigenvalue weighted by atomic mass is 32.1. The first-order chi connectivity index (χ1) is 6.58. The average molecular weight is 213 g/mol. The summed E-state index contributed by atoms with van der Waals surface area (Å²) in [6.45, 7) is 3.07. The van der Waals surface area contributed by atoms with Gasteiger partial charge in [-0.2, -0.15) is 0 Å². The third kappa shape index (κ3) is 4.17. The Labute approximate surface area is 89.9 Å². The molecule has 0 aliphatic heterocycles. The smallest absolute Gasteiger partial charge is 0.0897 e. The first-order valence-corrected chi connectivity index (χ1v) is 5.77. The molecule has 2 N–H and O–H groups in total. The molecule has 4 heteroatoms. The number of nitrogens with two attached hydrogens (primary N) is 1. The van der Waals surface area contributed by atoms with Gasteiger partial charge in [0.1, 0.15) is 0 Å². The number of aromatic nitrogens is 1. The maximum atomic E-state index is 6.00. The van der Waals surface area contributed by atoms with E-state index in [1.54, 1.807) is 11.3 Å². The molecule has 0 radical (unpaired) electrons. The van der Waals surface area contributed by atoms with Crippen LogP contribution in [0.25, 0.3) is 0 Å². The molecule has 0 bridgehead atoms. The Balaban J connectivity index is 2.30. The molecule has 0 aliphatic carbocycles. The van der Waals surface area contributed by atoms with Crippen molar-refractivity contribution in [1.29, 1.82) is 0 Å². The van der Waals surface area contributed by atoms with Crippen LogP contribution in [0.1, 0.15) is 17.1 Å². The fraction of sp³-hybridized carbons (Fsp3) is 0.700. The molecule has 0 amide bonds. The van der Waals surface area contributed by atoms with Gasteiger partial charge in [-0.05, 0) is 34.0 Å². The standard InChI is InChI=1S/C10H19N3S/c1-8-12-10(7-14-8)6-9(11)4-5-13(2)3/h7,9H,4-6,11H2,1-3H3. The second kappa shape index (κ2) is 5.44. The molecular weight excluding hydrogens is 194 g/mol. The Bertz CT molecular complexity index is 270. The summed E-state index contributed by atoms with van der Waals surface area (Å²) in [5.41, 5.74) is 7.14. The molecule has 1 heterocycles. The summed E-state index contributed by atoms with van der Waals surface area (Å²) in [5.74, 6) is 0. The monoisotopic (exact) mass is 213 g/mol. The zero-order chi connectivity index (χ0) is 10.6. The van der Waals surface area contributed by atoms with Gasteiger partial charge in [0.2, 0.25) is 0 Å². The Morgan fingerprint density at radius 1 is 1.57 bits per heavy atom. The van der Waals surface area contributed by atoms with Gasteiger partial charge in [0, 0.05) is 17.8 Å². The Morgan fingerprint density at radius 3 is 2.79 bits per heavy atom. The van der Waals surface area contributed by atoms with Gasteiger partial charge in [-0.15, -0.1) is 11.3 Å².